The Morgan fingerprint density at radius 2 is 2.05 bits per heavy atom. The number of hydrogen-bond acceptors (Lipinski definition) is 2. The second-order valence-corrected chi connectivity index (χ2v) is 7.34. The van der Waals surface area contributed by atoms with E-state index in [0.29, 0.717) is 23.7 Å². The van der Waals surface area contributed by atoms with E-state index < -0.39 is 0 Å². The predicted octanol–water partition coefficient (Wildman–Crippen LogP) is 2.69. The monoisotopic (exact) mass is 279 g/mol. The predicted molar refractivity (Wildman–Crippen MR) is 82.6 cm³/mol. The minimum Gasteiger partial charge on any atom is -0.342 e. The molecule has 2 rings (SSSR count). The third-order valence-electron chi connectivity index (χ3n) is 4.30. The van der Waals surface area contributed by atoms with Crippen LogP contribution in [0, 0.1) is 17.8 Å². The first-order valence-corrected chi connectivity index (χ1v) is 8.05. The van der Waals surface area contributed by atoms with Crippen molar-refractivity contribution in [2.24, 2.45) is 22.7 Å². The van der Waals surface area contributed by atoms with Gasteiger partial charge in [-0.3, -0.25) is 15.1 Å². The second-order valence-electron chi connectivity index (χ2n) is 7.34. The molecule has 4 nitrogen and oxygen atoms in total. The average molecular weight is 279 g/mol. The van der Waals surface area contributed by atoms with Crippen LogP contribution in [0.5, 0.6) is 0 Å². The van der Waals surface area contributed by atoms with Crippen molar-refractivity contribution in [2.45, 2.75) is 65.3 Å². The molecule has 2 aliphatic rings. The lowest BCUT2D eigenvalue weighted by atomic mass is 9.73. The summed E-state index contributed by atoms with van der Waals surface area (Å²) in [5.41, 5.74) is -0.381. The van der Waals surface area contributed by atoms with Gasteiger partial charge in [0.05, 0.1) is 0 Å². The summed E-state index contributed by atoms with van der Waals surface area (Å²) < 4.78 is 0. The smallest absolute Gasteiger partial charge is 0.252 e. The van der Waals surface area contributed by atoms with E-state index in [1.807, 2.05) is 0 Å². The van der Waals surface area contributed by atoms with Crippen LogP contribution in [-0.2, 0) is 4.79 Å². The number of aliphatic imine (C=N–C) groups is 1. The molecule has 0 bridgehead atoms. The standard InChI is InChI=1S/C16H29N3O/c1-11(2)8-13-6-5-7-16(9-13)14(20)18-15(19-16)17-10-12(3)4/h11-13H,5-10H2,1-4H3,(H2,17,18,19,20). The molecule has 1 amide bonds. The molecule has 2 atom stereocenters. The van der Waals surface area contributed by atoms with Crippen LogP contribution < -0.4 is 10.6 Å². The third kappa shape index (κ3) is 3.53. The van der Waals surface area contributed by atoms with Gasteiger partial charge in [-0.15, -0.1) is 0 Å². The van der Waals surface area contributed by atoms with Gasteiger partial charge in [0, 0.05) is 6.54 Å². The van der Waals surface area contributed by atoms with Crippen molar-refractivity contribution in [3.63, 3.8) is 0 Å². The number of nitrogens with one attached hydrogen (secondary N) is 2. The highest BCUT2D eigenvalue weighted by Gasteiger charge is 2.47. The molecule has 2 unspecified atom stereocenters. The zero-order valence-corrected chi connectivity index (χ0v) is 13.3. The summed E-state index contributed by atoms with van der Waals surface area (Å²) in [5, 5.41) is 6.35. The number of carbonyl (C=O) groups excluding carboxylic acids is 1. The van der Waals surface area contributed by atoms with Crippen molar-refractivity contribution in [2.75, 3.05) is 6.54 Å². The zero-order chi connectivity index (χ0) is 14.8. The van der Waals surface area contributed by atoms with E-state index in [1.54, 1.807) is 0 Å². The average Bonchev–Trinajstić information content (AvgIpc) is 2.63. The molecule has 0 aromatic heterocycles. The molecular weight excluding hydrogens is 250 g/mol. The minimum absolute atomic E-state index is 0.133. The van der Waals surface area contributed by atoms with Crippen molar-refractivity contribution in [1.29, 1.82) is 0 Å². The molecule has 20 heavy (non-hydrogen) atoms. The van der Waals surface area contributed by atoms with Crippen LogP contribution in [0.25, 0.3) is 0 Å². The molecule has 0 aromatic rings. The van der Waals surface area contributed by atoms with Crippen molar-refractivity contribution >= 4 is 11.9 Å². The Bertz CT molecular complexity index is 389. The van der Waals surface area contributed by atoms with Gasteiger partial charge >= 0.3 is 0 Å². The van der Waals surface area contributed by atoms with Crippen molar-refractivity contribution < 1.29 is 4.79 Å². The Balaban J connectivity index is 2.03. The highest BCUT2D eigenvalue weighted by atomic mass is 16.2. The Morgan fingerprint density at radius 1 is 1.30 bits per heavy atom. The van der Waals surface area contributed by atoms with Crippen LogP contribution in [-0.4, -0.2) is 24.0 Å². The fourth-order valence-electron chi connectivity index (χ4n) is 3.47. The minimum atomic E-state index is -0.381. The molecule has 1 aliphatic heterocycles. The molecule has 0 radical (unpaired) electrons. The first-order chi connectivity index (χ1) is 9.41. The first-order valence-electron chi connectivity index (χ1n) is 8.05. The highest BCUT2D eigenvalue weighted by Crippen LogP contribution is 2.37. The number of amides is 1. The Hall–Kier alpha value is -1.06. The maximum atomic E-state index is 12.4. The normalized spacial score (nSPS) is 32.2. The lowest BCUT2D eigenvalue weighted by Crippen LogP contribution is -2.50. The van der Waals surface area contributed by atoms with Gasteiger partial charge in [0.2, 0.25) is 0 Å². The van der Waals surface area contributed by atoms with E-state index >= 15 is 0 Å². The van der Waals surface area contributed by atoms with Crippen LogP contribution in [0.1, 0.15) is 59.8 Å². The molecular formula is C16H29N3O. The van der Waals surface area contributed by atoms with Gasteiger partial charge in [0.15, 0.2) is 5.96 Å². The summed E-state index contributed by atoms with van der Waals surface area (Å²) in [6.07, 6.45) is 5.50. The Kier molecular flexibility index (Phi) is 4.71. The lowest BCUT2D eigenvalue weighted by molar-refractivity contribution is -0.125. The summed E-state index contributed by atoms with van der Waals surface area (Å²) in [6, 6.07) is 0. The van der Waals surface area contributed by atoms with Gasteiger partial charge in [-0.25, -0.2) is 0 Å². The summed E-state index contributed by atoms with van der Waals surface area (Å²) >= 11 is 0. The van der Waals surface area contributed by atoms with E-state index in [2.05, 4.69) is 43.3 Å². The van der Waals surface area contributed by atoms with Crippen LogP contribution in [0.15, 0.2) is 4.99 Å². The molecule has 114 valence electrons. The summed E-state index contributed by atoms with van der Waals surface area (Å²) in [7, 11) is 0. The Morgan fingerprint density at radius 3 is 2.70 bits per heavy atom. The molecule has 4 heteroatoms. The molecule has 2 fully saturated rings. The van der Waals surface area contributed by atoms with E-state index in [0.717, 1.165) is 25.8 Å². The number of rotatable bonds is 4. The maximum absolute atomic E-state index is 12.4. The first kappa shape index (κ1) is 15.3. The van der Waals surface area contributed by atoms with Gasteiger partial charge in [-0.2, -0.15) is 0 Å². The van der Waals surface area contributed by atoms with Gasteiger partial charge in [-0.05, 0) is 37.0 Å². The van der Waals surface area contributed by atoms with Crippen molar-refractivity contribution in [3.05, 3.63) is 0 Å². The SMILES string of the molecule is CC(C)CN=C1NC(=O)C2(CCCC(CC(C)C)C2)N1. The van der Waals surface area contributed by atoms with Gasteiger partial charge in [-0.1, -0.05) is 40.5 Å². The molecule has 1 aliphatic carbocycles. The van der Waals surface area contributed by atoms with Gasteiger partial charge in [0.1, 0.15) is 5.54 Å². The van der Waals surface area contributed by atoms with Gasteiger partial charge < -0.3 is 5.32 Å². The molecule has 1 saturated carbocycles. The topological polar surface area (TPSA) is 53.5 Å². The Labute approximate surface area is 122 Å². The molecule has 0 aromatic carbocycles. The van der Waals surface area contributed by atoms with Crippen LogP contribution >= 0.6 is 0 Å². The number of hydrogen-bond donors (Lipinski definition) is 2. The van der Waals surface area contributed by atoms with Crippen LogP contribution in [0.2, 0.25) is 0 Å². The van der Waals surface area contributed by atoms with E-state index in [1.165, 1.54) is 12.8 Å². The quantitative estimate of drug-likeness (QED) is 0.831. The maximum Gasteiger partial charge on any atom is 0.252 e. The lowest BCUT2D eigenvalue weighted by Gasteiger charge is -2.36. The highest BCUT2D eigenvalue weighted by molar-refractivity contribution is 6.09. The summed E-state index contributed by atoms with van der Waals surface area (Å²) in [6.45, 7) is 9.55. The number of nitrogens with zero attached hydrogens (tertiary/aromatic N) is 1. The zero-order valence-electron chi connectivity index (χ0n) is 13.3. The number of carbonyl (C=O) groups is 1. The fourth-order valence-corrected chi connectivity index (χ4v) is 3.47. The van der Waals surface area contributed by atoms with Crippen molar-refractivity contribution in [1.82, 2.24) is 10.6 Å². The van der Waals surface area contributed by atoms with Gasteiger partial charge in [0.25, 0.3) is 5.91 Å². The summed E-state index contributed by atoms with van der Waals surface area (Å²) in [5.74, 6) is 2.69. The van der Waals surface area contributed by atoms with Crippen LogP contribution in [0.4, 0.5) is 0 Å². The van der Waals surface area contributed by atoms with Crippen LogP contribution in [0.3, 0.4) is 0 Å². The van der Waals surface area contributed by atoms with Crippen molar-refractivity contribution in [3.8, 4) is 0 Å². The molecule has 1 heterocycles. The second kappa shape index (κ2) is 6.15. The molecule has 1 spiro atoms. The molecule has 1 saturated heterocycles. The number of guanidine groups is 1. The van der Waals surface area contributed by atoms with E-state index in [9.17, 15) is 4.79 Å². The van der Waals surface area contributed by atoms with E-state index in [-0.39, 0.29) is 11.4 Å². The fraction of sp³-hybridized carbons (Fsp3) is 0.875. The summed E-state index contributed by atoms with van der Waals surface area (Å²) in [4.78, 5) is 16.9. The molecule has 2 N–H and O–H groups in total. The third-order valence-corrected chi connectivity index (χ3v) is 4.30. The largest absolute Gasteiger partial charge is 0.342 e. The van der Waals surface area contributed by atoms with E-state index in [4.69, 9.17) is 0 Å².